The Bertz CT molecular complexity index is 219. The van der Waals surface area contributed by atoms with Crippen LogP contribution in [0.4, 0.5) is 9.18 Å². The zero-order valence-electron chi connectivity index (χ0n) is 6.72. The zero-order valence-corrected chi connectivity index (χ0v) is 6.72. The summed E-state index contributed by atoms with van der Waals surface area (Å²) in [6.45, 7) is 0.962. The smallest absolute Gasteiger partial charge is 0.415 e. The lowest BCUT2D eigenvalue weighted by Crippen LogP contribution is -2.35. The van der Waals surface area contributed by atoms with Crippen LogP contribution >= 0.6 is 0 Å². The Morgan fingerprint density at radius 1 is 1.58 bits per heavy atom. The summed E-state index contributed by atoms with van der Waals surface area (Å²) in [4.78, 5) is 21.6. The molecule has 0 aliphatic carbocycles. The maximum atomic E-state index is 11.8. The van der Waals surface area contributed by atoms with Crippen molar-refractivity contribution in [2.24, 2.45) is 0 Å². The van der Waals surface area contributed by atoms with Gasteiger partial charge in [0.25, 0.3) is 5.91 Å². The normalized spacial score (nSPS) is 28.5. The lowest BCUT2D eigenvalue weighted by Gasteiger charge is -2.17. The van der Waals surface area contributed by atoms with Crippen LogP contribution in [0.2, 0.25) is 0 Å². The van der Waals surface area contributed by atoms with Crippen LogP contribution < -0.4 is 5.32 Å². The van der Waals surface area contributed by atoms with E-state index in [0.717, 1.165) is 0 Å². The second kappa shape index (κ2) is 3.08. The van der Waals surface area contributed by atoms with Crippen LogP contribution in [0, 0.1) is 0 Å². The molecule has 68 valence electrons. The number of alkyl halides is 1. The number of ether oxygens (including phenoxy) is 1. The molecule has 12 heavy (non-hydrogen) atoms. The predicted molar refractivity (Wildman–Crippen MR) is 38.2 cm³/mol. The minimum atomic E-state index is -1.16. The molecule has 2 amide bonds. The highest BCUT2D eigenvalue weighted by atomic mass is 18.2. The van der Waals surface area contributed by atoms with Crippen molar-refractivity contribution in [3.8, 4) is 0 Å². The van der Waals surface area contributed by atoms with Gasteiger partial charge in [0.2, 0.25) is 0 Å². The van der Waals surface area contributed by atoms with Gasteiger partial charge in [0.15, 0.2) is 5.60 Å². The van der Waals surface area contributed by atoms with Crippen molar-refractivity contribution < 1.29 is 18.7 Å². The monoisotopic (exact) mass is 174 g/mol. The Labute approximate surface area is 69.1 Å². The number of rotatable bonds is 3. The van der Waals surface area contributed by atoms with Crippen LogP contribution in [0.3, 0.4) is 0 Å². The van der Waals surface area contributed by atoms with Crippen LogP contribution in [0.1, 0.15) is 19.8 Å². The number of carbonyl (C=O) groups is 2. The molecule has 1 aliphatic heterocycles. The summed E-state index contributed by atoms with van der Waals surface area (Å²) in [7, 11) is 0. The summed E-state index contributed by atoms with van der Waals surface area (Å²) >= 11 is 0. The fraction of sp³-hybridized carbons (Fsp3) is 0.714. The molecular weight excluding hydrogens is 164 g/mol. The summed E-state index contributed by atoms with van der Waals surface area (Å²) in [6, 6.07) is 0. The van der Waals surface area contributed by atoms with E-state index in [9.17, 15) is 14.0 Å². The van der Waals surface area contributed by atoms with Gasteiger partial charge in [0, 0.05) is 0 Å². The largest absolute Gasteiger partial charge is 0.433 e. The van der Waals surface area contributed by atoms with E-state index in [4.69, 9.17) is 4.74 Å². The molecule has 0 bridgehead atoms. The Hall–Kier alpha value is -1.13. The number of nitrogens with one attached hydrogen (secondary N) is 1. The summed E-state index contributed by atoms with van der Waals surface area (Å²) in [5.41, 5.74) is -1.16. The van der Waals surface area contributed by atoms with Gasteiger partial charge in [-0.3, -0.25) is 14.5 Å². The van der Waals surface area contributed by atoms with Gasteiger partial charge < -0.3 is 4.74 Å². The summed E-state index contributed by atoms with van der Waals surface area (Å²) in [6.07, 6.45) is -0.306. The standard InChI is InChI=1S/C7H10FNO3/c1-7(3-2-4-8)5(10)9-6(11)12-7/h2-4H2,1H3,(H,9,10,11)/i8-1. The van der Waals surface area contributed by atoms with Gasteiger partial charge in [-0.05, 0) is 19.8 Å². The van der Waals surface area contributed by atoms with E-state index in [-0.39, 0.29) is 12.8 Å². The second-order valence-corrected chi connectivity index (χ2v) is 2.87. The molecule has 0 radical (unpaired) electrons. The number of imide groups is 1. The molecular formula is C7H10FNO3. The number of hydrogen-bond donors (Lipinski definition) is 1. The lowest BCUT2D eigenvalue weighted by molar-refractivity contribution is -0.130. The van der Waals surface area contributed by atoms with Crippen LogP contribution in [-0.2, 0) is 9.53 Å². The first-order chi connectivity index (χ1) is 5.58. The molecule has 0 aromatic rings. The minimum Gasteiger partial charge on any atom is -0.433 e. The minimum absolute atomic E-state index is 0.219. The third-order valence-electron chi connectivity index (χ3n) is 1.80. The fourth-order valence-corrected chi connectivity index (χ4v) is 1.07. The summed E-state index contributed by atoms with van der Waals surface area (Å²) in [5.74, 6) is -0.485. The van der Waals surface area contributed by atoms with E-state index in [1.54, 1.807) is 0 Å². The van der Waals surface area contributed by atoms with Crippen LogP contribution in [-0.4, -0.2) is 24.3 Å². The van der Waals surface area contributed by atoms with Crippen LogP contribution in [0.15, 0.2) is 0 Å². The molecule has 1 aliphatic rings. The van der Waals surface area contributed by atoms with Crippen molar-refractivity contribution in [1.82, 2.24) is 5.32 Å². The van der Waals surface area contributed by atoms with Crippen molar-refractivity contribution in [1.29, 1.82) is 0 Å². The van der Waals surface area contributed by atoms with E-state index >= 15 is 0 Å². The first kappa shape index (κ1) is 8.96. The van der Waals surface area contributed by atoms with E-state index in [0.29, 0.717) is 0 Å². The number of alkyl carbamates (subject to hydrolysis) is 1. The maximum Gasteiger partial charge on any atom is 0.415 e. The molecule has 1 heterocycles. The van der Waals surface area contributed by atoms with E-state index in [2.05, 4.69) is 0 Å². The van der Waals surface area contributed by atoms with E-state index < -0.39 is 24.3 Å². The van der Waals surface area contributed by atoms with Crippen LogP contribution in [0.5, 0.6) is 0 Å². The number of carbonyl (C=O) groups excluding carboxylic acids is 2. The lowest BCUT2D eigenvalue weighted by atomic mass is 10.0. The second-order valence-electron chi connectivity index (χ2n) is 2.87. The van der Waals surface area contributed by atoms with Gasteiger partial charge in [0.1, 0.15) is 0 Å². The number of halogens is 1. The molecule has 0 aromatic heterocycles. The Morgan fingerprint density at radius 2 is 2.25 bits per heavy atom. The van der Waals surface area contributed by atoms with Gasteiger partial charge >= 0.3 is 6.09 Å². The van der Waals surface area contributed by atoms with Crippen LogP contribution in [0.25, 0.3) is 0 Å². The third kappa shape index (κ3) is 1.54. The number of hydrogen-bond acceptors (Lipinski definition) is 3. The first-order valence-corrected chi connectivity index (χ1v) is 3.69. The Kier molecular flexibility index (Phi) is 2.30. The Morgan fingerprint density at radius 3 is 2.67 bits per heavy atom. The molecule has 1 N–H and O–H groups in total. The van der Waals surface area contributed by atoms with Crippen molar-refractivity contribution in [2.45, 2.75) is 25.4 Å². The van der Waals surface area contributed by atoms with Gasteiger partial charge in [-0.1, -0.05) is 0 Å². The van der Waals surface area contributed by atoms with Crippen molar-refractivity contribution >= 4 is 12.0 Å². The van der Waals surface area contributed by atoms with Gasteiger partial charge in [-0.2, -0.15) is 0 Å². The first-order valence-electron chi connectivity index (χ1n) is 3.69. The number of amides is 2. The van der Waals surface area contributed by atoms with Gasteiger partial charge in [0.05, 0.1) is 6.67 Å². The molecule has 1 fully saturated rings. The average molecular weight is 174 g/mol. The summed E-state index contributed by atoms with van der Waals surface area (Å²) < 4.78 is 16.5. The van der Waals surface area contributed by atoms with E-state index in [1.807, 2.05) is 5.32 Å². The van der Waals surface area contributed by atoms with Gasteiger partial charge in [-0.15, -0.1) is 0 Å². The highest BCUT2D eigenvalue weighted by Crippen LogP contribution is 2.22. The molecule has 0 spiro atoms. The molecule has 1 rings (SSSR count). The highest BCUT2D eigenvalue weighted by molar-refractivity contribution is 6.02. The zero-order chi connectivity index (χ0) is 9.19. The summed E-state index contributed by atoms with van der Waals surface area (Å²) in [5, 5.41) is 1.99. The molecule has 0 saturated carbocycles. The molecule has 1 saturated heterocycles. The topological polar surface area (TPSA) is 55.4 Å². The maximum absolute atomic E-state index is 11.8. The Balaban J connectivity index is 2.58. The quantitative estimate of drug-likeness (QED) is 0.687. The molecule has 4 nitrogen and oxygen atoms in total. The van der Waals surface area contributed by atoms with Gasteiger partial charge in [-0.25, -0.2) is 4.79 Å². The molecule has 5 heteroatoms. The van der Waals surface area contributed by atoms with E-state index in [1.165, 1.54) is 6.92 Å². The van der Waals surface area contributed by atoms with Crippen molar-refractivity contribution in [3.05, 3.63) is 0 Å². The molecule has 1 unspecified atom stereocenters. The SMILES string of the molecule is CC1(CCC[18F])OC(=O)NC1=O. The average Bonchev–Trinajstić information content (AvgIpc) is 2.23. The molecule has 1 atom stereocenters. The van der Waals surface area contributed by atoms with Crippen molar-refractivity contribution in [3.63, 3.8) is 0 Å². The highest BCUT2D eigenvalue weighted by Gasteiger charge is 2.43. The predicted octanol–water partition coefficient (Wildman–Crippen LogP) is 0.761. The molecule has 0 aromatic carbocycles. The van der Waals surface area contributed by atoms with Crippen molar-refractivity contribution in [2.75, 3.05) is 6.67 Å². The number of cyclic esters (lactones) is 1. The third-order valence-corrected chi connectivity index (χ3v) is 1.80. The fourth-order valence-electron chi connectivity index (χ4n) is 1.07.